The zero-order valence-corrected chi connectivity index (χ0v) is 10.6. The normalized spacial score (nSPS) is 14.6. The van der Waals surface area contributed by atoms with Crippen LogP contribution in [0.1, 0.15) is 32.3 Å². The number of benzene rings is 1. The van der Waals surface area contributed by atoms with Gasteiger partial charge in [-0.15, -0.1) is 0 Å². The summed E-state index contributed by atoms with van der Waals surface area (Å²) in [5.74, 6) is -3.86. The van der Waals surface area contributed by atoms with Crippen molar-refractivity contribution in [3.8, 4) is 0 Å². The first kappa shape index (κ1) is 15.0. The number of aliphatic hydroxyl groups is 1. The highest BCUT2D eigenvalue weighted by Crippen LogP contribution is 2.16. The molecule has 0 amide bonds. The fraction of sp³-hybridized carbons (Fsp3) is 0.538. The average Bonchev–Trinajstić information content (AvgIpc) is 2.33. The molecule has 102 valence electrons. The summed E-state index contributed by atoms with van der Waals surface area (Å²) in [4.78, 5) is 0. The summed E-state index contributed by atoms with van der Waals surface area (Å²) in [5, 5.41) is 12.3. The lowest BCUT2D eigenvalue weighted by Gasteiger charge is -2.28. The van der Waals surface area contributed by atoms with E-state index in [1.807, 2.05) is 13.8 Å². The average molecular weight is 261 g/mol. The molecule has 0 saturated heterocycles. The third-order valence-electron chi connectivity index (χ3n) is 2.91. The first-order valence-corrected chi connectivity index (χ1v) is 5.91. The van der Waals surface area contributed by atoms with Crippen LogP contribution in [0, 0.1) is 17.5 Å². The van der Waals surface area contributed by atoms with Crippen LogP contribution in [0.25, 0.3) is 0 Å². The Kier molecular flexibility index (Phi) is 5.16. The van der Waals surface area contributed by atoms with Crippen molar-refractivity contribution in [3.63, 3.8) is 0 Å². The molecule has 18 heavy (non-hydrogen) atoms. The molecule has 1 atom stereocenters. The van der Waals surface area contributed by atoms with E-state index in [1.54, 1.807) is 0 Å². The Morgan fingerprint density at radius 1 is 1.22 bits per heavy atom. The van der Waals surface area contributed by atoms with Crippen LogP contribution in [0.5, 0.6) is 0 Å². The summed E-state index contributed by atoms with van der Waals surface area (Å²) in [6.07, 6.45) is 1.60. The monoisotopic (exact) mass is 261 g/mol. The second-order valence-corrected chi connectivity index (χ2v) is 4.70. The van der Waals surface area contributed by atoms with Gasteiger partial charge in [0.05, 0.1) is 6.61 Å². The first-order valence-electron chi connectivity index (χ1n) is 5.91. The van der Waals surface area contributed by atoms with Gasteiger partial charge in [-0.25, -0.2) is 13.2 Å². The molecule has 1 rings (SSSR count). The van der Waals surface area contributed by atoms with E-state index in [1.165, 1.54) is 0 Å². The van der Waals surface area contributed by atoms with Gasteiger partial charge in [0, 0.05) is 12.1 Å². The van der Waals surface area contributed by atoms with Crippen LogP contribution < -0.4 is 5.32 Å². The van der Waals surface area contributed by atoms with E-state index in [-0.39, 0.29) is 13.2 Å². The highest BCUT2D eigenvalue weighted by Gasteiger charge is 2.21. The topological polar surface area (TPSA) is 32.3 Å². The van der Waals surface area contributed by atoms with Crippen molar-refractivity contribution >= 4 is 0 Å². The molecule has 0 bridgehead atoms. The smallest absolute Gasteiger partial charge is 0.194 e. The molecular formula is C13H18F3NO. The van der Waals surface area contributed by atoms with Gasteiger partial charge in [-0.3, -0.25) is 0 Å². The molecule has 1 aromatic carbocycles. The molecule has 1 unspecified atom stereocenters. The van der Waals surface area contributed by atoms with Crippen LogP contribution in [0.15, 0.2) is 12.1 Å². The number of nitrogens with one attached hydrogen (secondary N) is 1. The minimum absolute atomic E-state index is 0.0764. The lowest BCUT2D eigenvalue weighted by Crippen LogP contribution is -2.45. The van der Waals surface area contributed by atoms with Gasteiger partial charge in [0.25, 0.3) is 0 Å². The van der Waals surface area contributed by atoms with Gasteiger partial charge in [0.15, 0.2) is 17.5 Å². The molecule has 0 aliphatic heterocycles. The molecule has 1 aromatic rings. The third-order valence-corrected chi connectivity index (χ3v) is 2.91. The number of hydrogen-bond acceptors (Lipinski definition) is 2. The van der Waals surface area contributed by atoms with Crippen molar-refractivity contribution in [3.05, 3.63) is 35.1 Å². The Hall–Kier alpha value is -1.07. The summed E-state index contributed by atoms with van der Waals surface area (Å²) in [7, 11) is 0. The van der Waals surface area contributed by atoms with E-state index in [4.69, 9.17) is 0 Å². The molecule has 0 spiro atoms. The van der Waals surface area contributed by atoms with Crippen LogP contribution in [0.2, 0.25) is 0 Å². The maximum absolute atomic E-state index is 13.0. The Morgan fingerprint density at radius 3 is 2.22 bits per heavy atom. The Bertz CT molecular complexity index is 388. The van der Waals surface area contributed by atoms with Crippen LogP contribution in [0.3, 0.4) is 0 Å². The van der Waals surface area contributed by atoms with Crippen LogP contribution in [-0.4, -0.2) is 17.3 Å². The zero-order chi connectivity index (χ0) is 13.8. The highest BCUT2D eigenvalue weighted by molar-refractivity contribution is 5.19. The van der Waals surface area contributed by atoms with Gasteiger partial charge in [0.2, 0.25) is 0 Å². The van der Waals surface area contributed by atoms with Crippen LogP contribution >= 0.6 is 0 Å². The minimum atomic E-state index is -1.46. The van der Waals surface area contributed by atoms with Crippen molar-refractivity contribution in [2.45, 2.75) is 38.8 Å². The van der Waals surface area contributed by atoms with Gasteiger partial charge in [-0.2, -0.15) is 0 Å². The van der Waals surface area contributed by atoms with Gasteiger partial charge >= 0.3 is 0 Å². The third kappa shape index (κ3) is 3.71. The van der Waals surface area contributed by atoms with E-state index in [0.717, 1.165) is 25.0 Å². The Morgan fingerprint density at radius 2 is 1.78 bits per heavy atom. The maximum atomic E-state index is 13.0. The SMILES string of the molecule is CCCC(C)(CO)NCc1cc(F)c(F)c(F)c1. The van der Waals surface area contributed by atoms with E-state index < -0.39 is 23.0 Å². The molecule has 0 fully saturated rings. The van der Waals surface area contributed by atoms with E-state index >= 15 is 0 Å². The summed E-state index contributed by atoms with van der Waals surface area (Å²) < 4.78 is 38.8. The van der Waals surface area contributed by atoms with Gasteiger partial charge < -0.3 is 10.4 Å². The zero-order valence-electron chi connectivity index (χ0n) is 10.6. The number of hydrogen-bond donors (Lipinski definition) is 2. The predicted octanol–water partition coefficient (Wildman–Crippen LogP) is 2.74. The van der Waals surface area contributed by atoms with Crippen LogP contribution in [0.4, 0.5) is 13.2 Å². The second-order valence-electron chi connectivity index (χ2n) is 4.70. The van der Waals surface area contributed by atoms with Crippen molar-refractivity contribution in [2.75, 3.05) is 6.61 Å². The quantitative estimate of drug-likeness (QED) is 0.772. The lowest BCUT2D eigenvalue weighted by atomic mass is 9.97. The maximum Gasteiger partial charge on any atom is 0.194 e. The molecule has 0 heterocycles. The van der Waals surface area contributed by atoms with E-state index in [0.29, 0.717) is 5.56 Å². The lowest BCUT2D eigenvalue weighted by molar-refractivity contribution is 0.163. The minimum Gasteiger partial charge on any atom is -0.394 e. The summed E-state index contributed by atoms with van der Waals surface area (Å²) in [6, 6.07) is 1.91. The van der Waals surface area contributed by atoms with E-state index in [9.17, 15) is 18.3 Å². The fourth-order valence-electron chi connectivity index (χ4n) is 1.80. The standard InChI is InChI=1S/C13H18F3NO/c1-3-4-13(2,8-18)17-7-9-5-10(14)12(16)11(15)6-9/h5-6,17-18H,3-4,7-8H2,1-2H3. The largest absolute Gasteiger partial charge is 0.394 e. The van der Waals surface area contributed by atoms with Gasteiger partial charge in [0.1, 0.15) is 0 Å². The molecule has 2 N–H and O–H groups in total. The predicted molar refractivity (Wildman–Crippen MR) is 63.6 cm³/mol. The second kappa shape index (κ2) is 6.20. The molecular weight excluding hydrogens is 243 g/mol. The molecule has 5 heteroatoms. The van der Waals surface area contributed by atoms with Gasteiger partial charge in [-0.1, -0.05) is 13.3 Å². The molecule has 0 aliphatic carbocycles. The number of halogens is 3. The Labute approximate surface area is 105 Å². The van der Waals surface area contributed by atoms with Gasteiger partial charge in [-0.05, 0) is 31.0 Å². The van der Waals surface area contributed by atoms with Crippen LogP contribution in [-0.2, 0) is 6.54 Å². The number of rotatable bonds is 6. The Balaban J connectivity index is 2.74. The summed E-state index contributed by atoms with van der Waals surface area (Å²) in [5.41, 5.74) is -0.196. The van der Waals surface area contributed by atoms with Crippen molar-refractivity contribution in [1.29, 1.82) is 0 Å². The fourth-order valence-corrected chi connectivity index (χ4v) is 1.80. The molecule has 0 aliphatic rings. The number of aliphatic hydroxyl groups excluding tert-OH is 1. The molecule has 0 aromatic heterocycles. The molecule has 2 nitrogen and oxygen atoms in total. The van der Waals surface area contributed by atoms with Crippen molar-refractivity contribution in [1.82, 2.24) is 5.32 Å². The summed E-state index contributed by atoms with van der Waals surface area (Å²) >= 11 is 0. The summed E-state index contributed by atoms with van der Waals surface area (Å²) in [6.45, 7) is 3.90. The molecule has 0 saturated carbocycles. The first-order chi connectivity index (χ1) is 8.41. The van der Waals surface area contributed by atoms with Crippen molar-refractivity contribution in [2.24, 2.45) is 0 Å². The van der Waals surface area contributed by atoms with E-state index in [2.05, 4.69) is 5.32 Å². The van der Waals surface area contributed by atoms with Crippen molar-refractivity contribution < 1.29 is 18.3 Å². The molecule has 0 radical (unpaired) electrons. The highest BCUT2D eigenvalue weighted by atomic mass is 19.2.